The van der Waals surface area contributed by atoms with Gasteiger partial charge in [-0.15, -0.1) is 0 Å². The second-order valence-electron chi connectivity index (χ2n) is 3.79. The summed E-state index contributed by atoms with van der Waals surface area (Å²) >= 11 is 0. The molecule has 0 saturated carbocycles. The van der Waals surface area contributed by atoms with Crippen molar-refractivity contribution < 1.29 is 0 Å². The van der Waals surface area contributed by atoms with Crippen LogP contribution in [0.5, 0.6) is 0 Å². The summed E-state index contributed by atoms with van der Waals surface area (Å²) in [6.07, 6.45) is 0. The number of hydrogen-bond donors (Lipinski definition) is 1. The van der Waals surface area contributed by atoms with Crippen LogP contribution < -0.4 is 5.73 Å². The molecule has 0 aliphatic rings. The van der Waals surface area contributed by atoms with Crippen molar-refractivity contribution in [3.63, 3.8) is 0 Å². The summed E-state index contributed by atoms with van der Waals surface area (Å²) in [5.74, 6) is 0. The van der Waals surface area contributed by atoms with Gasteiger partial charge >= 0.3 is 0 Å². The molecule has 0 aromatic heterocycles. The number of benzene rings is 1. The molecule has 1 aromatic carbocycles. The summed E-state index contributed by atoms with van der Waals surface area (Å²) in [5, 5.41) is 0. The number of hydrogen-bond acceptors (Lipinski definition) is 2. The highest BCUT2D eigenvalue weighted by atomic mass is 15.0. The minimum absolute atomic E-state index is 0.365. The molecule has 0 spiro atoms. The van der Waals surface area contributed by atoms with Crippen molar-refractivity contribution in [2.45, 2.75) is 33.0 Å². The van der Waals surface area contributed by atoms with Gasteiger partial charge in [0.1, 0.15) is 0 Å². The zero-order valence-corrected chi connectivity index (χ0v) is 8.90. The first kappa shape index (κ1) is 11.3. The van der Waals surface area contributed by atoms with Crippen LogP contribution >= 0.6 is 0 Å². The normalized spacial score (nSPS) is 11.2. The number of nitrogens with two attached hydrogens (primary N) is 1. The van der Waals surface area contributed by atoms with E-state index in [2.05, 4.69) is 26.0 Å². The lowest BCUT2D eigenvalue weighted by atomic mass is 10.1. The van der Waals surface area contributed by atoms with Gasteiger partial charge in [-0.05, 0) is 17.2 Å². The van der Waals surface area contributed by atoms with Crippen LogP contribution in [0.1, 0.15) is 25.0 Å². The van der Waals surface area contributed by atoms with Gasteiger partial charge < -0.3 is 10.5 Å². The average Bonchev–Trinajstić information content (AvgIpc) is 2.19. The quantitative estimate of drug-likeness (QED) is 0.724. The predicted octanol–water partition coefficient (Wildman–Crippen LogP) is 1.44. The second-order valence-corrected chi connectivity index (χ2v) is 3.79. The van der Waals surface area contributed by atoms with Crippen LogP contribution in [0.2, 0.25) is 0 Å². The smallest absolute Gasteiger partial charge is 0.183 e. The Morgan fingerprint density at radius 1 is 1.21 bits per heavy atom. The van der Waals surface area contributed by atoms with Gasteiger partial charge in [0.25, 0.3) is 0 Å². The molecule has 2 nitrogen and oxygen atoms in total. The highest BCUT2D eigenvalue weighted by Crippen LogP contribution is 2.07. The lowest BCUT2D eigenvalue weighted by Gasteiger charge is -2.21. The van der Waals surface area contributed by atoms with E-state index >= 15 is 0 Å². The molecule has 14 heavy (non-hydrogen) atoms. The molecule has 2 radical (unpaired) electrons. The van der Waals surface area contributed by atoms with Crippen LogP contribution in [0, 0.1) is 0 Å². The highest BCUT2D eigenvalue weighted by Gasteiger charge is 2.03. The van der Waals surface area contributed by atoms with Gasteiger partial charge in [0.2, 0.25) is 0 Å². The Morgan fingerprint density at radius 2 is 1.71 bits per heavy atom. The Bertz CT molecular complexity index is 269. The van der Waals surface area contributed by atoms with E-state index in [0.29, 0.717) is 12.6 Å². The van der Waals surface area contributed by atoms with Gasteiger partial charge in [-0.25, -0.2) is 0 Å². The monoisotopic (exact) mass is 188 g/mol. The van der Waals surface area contributed by atoms with Crippen molar-refractivity contribution in [3.05, 3.63) is 35.4 Å². The van der Waals surface area contributed by atoms with Crippen molar-refractivity contribution in [1.29, 1.82) is 0 Å². The molecule has 0 atom stereocenters. The third kappa shape index (κ3) is 3.16. The Hall–Kier alpha value is -0.795. The van der Waals surface area contributed by atoms with Crippen LogP contribution in [0.25, 0.3) is 0 Å². The van der Waals surface area contributed by atoms with Crippen molar-refractivity contribution in [2.75, 3.05) is 0 Å². The van der Waals surface area contributed by atoms with Gasteiger partial charge in [0.15, 0.2) is 7.98 Å². The number of nitrogens with zero attached hydrogens (tertiary/aromatic N) is 1. The molecule has 3 heteroatoms. The van der Waals surface area contributed by atoms with Crippen molar-refractivity contribution >= 4 is 7.98 Å². The minimum atomic E-state index is 0.365. The molecule has 0 aliphatic heterocycles. The van der Waals surface area contributed by atoms with Crippen molar-refractivity contribution in [3.8, 4) is 0 Å². The predicted molar refractivity (Wildman–Crippen MR) is 60.8 cm³/mol. The van der Waals surface area contributed by atoms with E-state index in [-0.39, 0.29) is 0 Å². The maximum Gasteiger partial charge on any atom is 0.183 e. The molecule has 0 bridgehead atoms. The number of rotatable bonds is 4. The van der Waals surface area contributed by atoms with Crippen LogP contribution in [0.3, 0.4) is 0 Å². The SMILES string of the molecule is [B]N(Cc1ccc(CN)cc1)C(C)C. The van der Waals surface area contributed by atoms with Crippen LogP contribution in [0.15, 0.2) is 24.3 Å². The van der Waals surface area contributed by atoms with Gasteiger partial charge in [-0.2, -0.15) is 0 Å². The van der Waals surface area contributed by atoms with Crippen molar-refractivity contribution in [2.24, 2.45) is 5.73 Å². The zero-order chi connectivity index (χ0) is 10.6. The largest absolute Gasteiger partial charge is 0.348 e. The minimum Gasteiger partial charge on any atom is -0.348 e. The molecule has 0 saturated heterocycles. The first-order valence-electron chi connectivity index (χ1n) is 4.92. The Labute approximate surface area is 87.5 Å². The van der Waals surface area contributed by atoms with E-state index in [0.717, 1.165) is 12.1 Å². The lowest BCUT2D eigenvalue weighted by Crippen LogP contribution is -2.27. The van der Waals surface area contributed by atoms with Gasteiger partial charge in [0, 0.05) is 13.1 Å². The fraction of sp³-hybridized carbons (Fsp3) is 0.455. The summed E-state index contributed by atoms with van der Waals surface area (Å²) in [4.78, 5) is 1.82. The molecule has 2 N–H and O–H groups in total. The summed E-state index contributed by atoms with van der Waals surface area (Å²) in [6.45, 7) is 5.53. The maximum absolute atomic E-state index is 5.83. The zero-order valence-electron chi connectivity index (χ0n) is 8.90. The molecule has 0 aliphatic carbocycles. The topological polar surface area (TPSA) is 29.3 Å². The summed E-state index contributed by atoms with van der Waals surface area (Å²) in [6, 6.07) is 8.60. The molecule has 1 rings (SSSR count). The molecule has 0 fully saturated rings. The summed E-state index contributed by atoms with van der Waals surface area (Å²) in [7, 11) is 5.83. The molecule has 1 aromatic rings. The van der Waals surface area contributed by atoms with Crippen LogP contribution in [-0.2, 0) is 13.1 Å². The van der Waals surface area contributed by atoms with E-state index < -0.39 is 0 Å². The maximum atomic E-state index is 5.83. The summed E-state index contributed by atoms with van der Waals surface area (Å²) in [5.41, 5.74) is 7.89. The Morgan fingerprint density at radius 3 is 2.14 bits per heavy atom. The Kier molecular flexibility index (Phi) is 4.17. The van der Waals surface area contributed by atoms with Crippen molar-refractivity contribution in [1.82, 2.24) is 4.81 Å². The molecular weight excluding hydrogens is 171 g/mol. The van der Waals surface area contributed by atoms with E-state index in [9.17, 15) is 0 Å². The first-order valence-corrected chi connectivity index (χ1v) is 4.92. The average molecular weight is 188 g/mol. The van der Waals surface area contributed by atoms with E-state index in [1.807, 2.05) is 16.9 Å². The van der Waals surface area contributed by atoms with Gasteiger partial charge in [-0.3, -0.25) is 0 Å². The molecule has 0 heterocycles. The van der Waals surface area contributed by atoms with E-state index in [4.69, 9.17) is 13.7 Å². The molecular formula is C11H17BN2. The van der Waals surface area contributed by atoms with E-state index in [1.165, 1.54) is 5.56 Å². The lowest BCUT2D eigenvalue weighted by molar-refractivity contribution is 0.374. The summed E-state index contributed by atoms with van der Waals surface area (Å²) < 4.78 is 0. The third-order valence-corrected chi connectivity index (χ3v) is 2.29. The molecule has 0 unspecified atom stereocenters. The fourth-order valence-corrected chi connectivity index (χ4v) is 1.17. The molecule has 74 valence electrons. The van der Waals surface area contributed by atoms with Gasteiger partial charge in [-0.1, -0.05) is 38.1 Å². The van der Waals surface area contributed by atoms with Gasteiger partial charge in [0.05, 0.1) is 0 Å². The standard InChI is InChI=1S/C11H17BN2/c1-9(2)14(12)8-11-5-3-10(7-13)4-6-11/h3-6,9H,7-8,13H2,1-2H3. The second kappa shape index (κ2) is 5.18. The Balaban J connectivity index is 2.59. The molecule has 0 amide bonds. The van der Waals surface area contributed by atoms with Crippen LogP contribution in [0.4, 0.5) is 0 Å². The fourth-order valence-electron chi connectivity index (χ4n) is 1.17. The first-order chi connectivity index (χ1) is 6.63. The van der Waals surface area contributed by atoms with E-state index in [1.54, 1.807) is 0 Å². The highest BCUT2D eigenvalue weighted by molar-refractivity contribution is 6.04. The third-order valence-electron chi connectivity index (χ3n) is 2.29. The van der Waals surface area contributed by atoms with Crippen LogP contribution in [-0.4, -0.2) is 18.8 Å².